The van der Waals surface area contributed by atoms with Crippen molar-refractivity contribution in [2.45, 2.75) is 31.2 Å². The second-order valence-corrected chi connectivity index (χ2v) is 3.48. The van der Waals surface area contributed by atoms with E-state index >= 15 is 0 Å². The first-order chi connectivity index (χ1) is 5.94. The molecular formula is C8H14ClF2NO2. The number of carbonyl (C=O) groups excluding carboxylic acids is 1. The van der Waals surface area contributed by atoms with Crippen molar-refractivity contribution in [2.75, 3.05) is 7.11 Å². The maximum absolute atomic E-state index is 12.9. The van der Waals surface area contributed by atoms with E-state index in [4.69, 9.17) is 5.73 Å². The van der Waals surface area contributed by atoms with Gasteiger partial charge in [0.1, 0.15) is 0 Å². The van der Waals surface area contributed by atoms with Gasteiger partial charge in [0, 0.05) is 18.9 Å². The Bertz CT molecular complexity index is 214. The van der Waals surface area contributed by atoms with Crippen LogP contribution in [0.5, 0.6) is 0 Å². The summed E-state index contributed by atoms with van der Waals surface area (Å²) in [5.74, 6) is -4.16. The quantitative estimate of drug-likeness (QED) is 0.691. The van der Waals surface area contributed by atoms with Crippen LogP contribution < -0.4 is 5.73 Å². The van der Waals surface area contributed by atoms with E-state index in [2.05, 4.69) is 4.74 Å². The van der Waals surface area contributed by atoms with Crippen LogP contribution in [0.25, 0.3) is 0 Å². The van der Waals surface area contributed by atoms with E-state index < -0.39 is 30.3 Å². The maximum atomic E-state index is 12.9. The van der Waals surface area contributed by atoms with Crippen LogP contribution in [0, 0.1) is 5.92 Å². The topological polar surface area (TPSA) is 52.3 Å². The van der Waals surface area contributed by atoms with Gasteiger partial charge in [-0.05, 0) is 6.42 Å². The van der Waals surface area contributed by atoms with Crippen LogP contribution in [-0.4, -0.2) is 25.0 Å². The summed E-state index contributed by atoms with van der Waals surface area (Å²) < 4.78 is 30.2. The van der Waals surface area contributed by atoms with Crippen molar-refractivity contribution in [3.63, 3.8) is 0 Å². The molecule has 0 spiro atoms. The molecule has 0 radical (unpaired) electrons. The molecule has 0 saturated heterocycles. The van der Waals surface area contributed by atoms with Gasteiger partial charge >= 0.3 is 5.97 Å². The molecule has 2 N–H and O–H groups in total. The molecule has 0 aromatic rings. The predicted molar refractivity (Wildman–Crippen MR) is 49.5 cm³/mol. The third-order valence-corrected chi connectivity index (χ3v) is 2.23. The minimum atomic E-state index is -2.82. The number of nitrogens with two attached hydrogens (primary N) is 1. The molecular weight excluding hydrogens is 216 g/mol. The molecule has 0 aromatic heterocycles. The van der Waals surface area contributed by atoms with Crippen LogP contribution in [-0.2, 0) is 9.53 Å². The molecule has 84 valence electrons. The maximum Gasteiger partial charge on any atom is 0.308 e. The lowest BCUT2D eigenvalue weighted by atomic mass is 9.83. The van der Waals surface area contributed by atoms with Crippen LogP contribution >= 0.6 is 12.4 Å². The third kappa shape index (κ3) is 3.38. The van der Waals surface area contributed by atoms with Crippen molar-refractivity contribution in [2.24, 2.45) is 11.7 Å². The molecule has 0 amide bonds. The molecule has 0 unspecified atom stereocenters. The molecule has 6 heteroatoms. The van der Waals surface area contributed by atoms with Gasteiger partial charge in [-0.1, -0.05) is 0 Å². The SMILES string of the molecule is COC(=O)[C@H]1C[C@@H](N)CC(F)(F)C1.Cl. The summed E-state index contributed by atoms with van der Waals surface area (Å²) in [6.45, 7) is 0. The molecule has 3 nitrogen and oxygen atoms in total. The van der Waals surface area contributed by atoms with Gasteiger partial charge in [0.15, 0.2) is 0 Å². The number of rotatable bonds is 1. The first kappa shape index (κ1) is 13.6. The average Bonchev–Trinajstić information content (AvgIpc) is 1.99. The standard InChI is InChI=1S/C8H13F2NO2.ClH/c1-13-7(12)5-2-6(11)4-8(9,10)3-5;/h5-6H,2-4,11H2,1H3;1H/t5-,6+;/m0./s1. The molecule has 1 aliphatic rings. The third-order valence-electron chi connectivity index (χ3n) is 2.23. The van der Waals surface area contributed by atoms with E-state index in [1.165, 1.54) is 7.11 Å². The number of esters is 1. The van der Waals surface area contributed by atoms with E-state index in [1.54, 1.807) is 0 Å². The second-order valence-electron chi connectivity index (χ2n) is 3.48. The molecule has 14 heavy (non-hydrogen) atoms. The zero-order chi connectivity index (χ0) is 10.1. The number of alkyl halides is 2. The monoisotopic (exact) mass is 229 g/mol. The van der Waals surface area contributed by atoms with Gasteiger partial charge in [-0.15, -0.1) is 12.4 Å². The fourth-order valence-electron chi connectivity index (χ4n) is 1.71. The molecule has 0 heterocycles. The molecule has 0 aliphatic heterocycles. The minimum Gasteiger partial charge on any atom is -0.469 e. The van der Waals surface area contributed by atoms with Gasteiger partial charge < -0.3 is 10.5 Å². The minimum absolute atomic E-state index is 0. The molecule has 1 aliphatic carbocycles. The van der Waals surface area contributed by atoms with E-state index in [0.717, 1.165) is 0 Å². The van der Waals surface area contributed by atoms with Crippen LogP contribution in [0.2, 0.25) is 0 Å². The van der Waals surface area contributed by atoms with Crippen LogP contribution in [0.3, 0.4) is 0 Å². The summed E-state index contributed by atoms with van der Waals surface area (Å²) in [6.07, 6.45) is -0.476. The highest BCUT2D eigenvalue weighted by Gasteiger charge is 2.43. The molecule has 2 atom stereocenters. The van der Waals surface area contributed by atoms with Crippen LogP contribution in [0.1, 0.15) is 19.3 Å². The zero-order valence-electron chi connectivity index (χ0n) is 7.83. The lowest BCUT2D eigenvalue weighted by molar-refractivity contribution is -0.153. The largest absolute Gasteiger partial charge is 0.469 e. The van der Waals surface area contributed by atoms with Gasteiger partial charge in [0.25, 0.3) is 5.92 Å². The average molecular weight is 230 g/mol. The van der Waals surface area contributed by atoms with E-state index in [-0.39, 0.29) is 18.8 Å². The van der Waals surface area contributed by atoms with E-state index in [0.29, 0.717) is 6.42 Å². The first-order valence-electron chi connectivity index (χ1n) is 4.16. The Balaban J connectivity index is 0.00000169. The Labute approximate surface area is 87.4 Å². The van der Waals surface area contributed by atoms with Gasteiger partial charge in [-0.25, -0.2) is 8.78 Å². The Morgan fingerprint density at radius 3 is 2.50 bits per heavy atom. The number of ether oxygens (including phenoxy) is 1. The second kappa shape index (κ2) is 4.89. The first-order valence-corrected chi connectivity index (χ1v) is 4.16. The number of hydrogen-bond donors (Lipinski definition) is 1. The van der Waals surface area contributed by atoms with Crippen molar-refractivity contribution < 1.29 is 18.3 Å². The fraction of sp³-hybridized carbons (Fsp3) is 0.875. The molecule has 1 rings (SSSR count). The Kier molecular flexibility index (Phi) is 4.74. The summed E-state index contributed by atoms with van der Waals surface area (Å²) in [5.41, 5.74) is 5.41. The van der Waals surface area contributed by atoms with Crippen molar-refractivity contribution >= 4 is 18.4 Å². The Morgan fingerprint density at radius 2 is 2.07 bits per heavy atom. The summed E-state index contributed by atoms with van der Waals surface area (Å²) >= 11 is 0. The number of methoxy groups -OCH3 is 1. The van der Waals surface area contributed by atoms with Crippen LogP contribution in [0.15, 0.2) is 0 Å². The van der Waals surface area contributed by atoms with Crippen molar-refractivity contribution in [3.8, 4) is 0 Å². The summed E-state index contributed by atoms with van der Waals surface area (Å²) in [4.78, 5) is 11.0. The van der Waals surface area contributed by atoms with Gasteiger partial charge in [-0.2, -0.15) is 0 Å². The highest BCUT2D eigenvalue weighted by Crippen LogP contribution is 2.36. The fourth-order valence-corrected chi connectivity index (χ4v) is 1.71. The van der Waals surface area contributed by atoms with Gasteiger partial charge in [0.05, 0.1) is 13.0 Å². The summed E-state index contributed by atoms with van der Waals surface area (Å²) in [6, 6.07) is -0.604. The molecule has 0 aromatic carbocycles. The highest BCUT2D eigenvalue weighted by atomic mass is 35.5. The highest BCUT2D eigenvalue weighted by molar-refractivity contribution is 5.85. The van der Waals surface area contributed by atoms with Crippen molar-refractivity contribution in [3.05, 3.63) is 0 Å². The van der Waals surface area contributed by atoms with E-state index in [9.17, 15) is 13.6 Å². The summed E-state index contributed by atoms with van der Waals surface area (Å²) in [7, 11) is 1.20. The van der Waals surface area contributed by atoms with Crippen molar-refractivity contribution in [1.82, 2.24) is 0 Å². The smallest absolute Gasteiger partial charge is 0.308 e. The van der Waals surface area contributed by atoms with Crippen molar-refractivity contribution in [1.29, 1.82) is 0 Å². The number of carbonyl (C=O) groups is 1. The lowest BCUT2D eigenvalue weighted by Gasteiger charge is -2.31. The summed E-state index contributed by atoms with van der Waals surface area (Å²) in [5, 5.41) is 0. The van der Waals surface area contributed by atoms with Gasteiger partial charge in [-0.3, -0.25) is 4.79 Å². The molecule has 1 fully saturated rings. The number of halogens is 3. The Morgan fingerprint density at radius 1 is 1.50 bits per heavy atom. The van der Waals surface area contributed by atoms with E-state index in [1.807, 2.05) is 0 Å². The Hall–Kier alpha value is -0.420. The number of hydrogen-bond acceptors (Lipinski definition) is 3. The lowest BCUT2D eigenvalue weighted by Crippen LogP contribution is -2.42. The zero-order valence-corrected chi connectivity index (χ0v) is 8.65. The van der Waals surface area contributed by atoms with Crippen LogP contribution in [0.4, 0.5) is 8.78 Å². The molecule has 1 saturated carbocycles. The normalized spacial score (nSPS) is 30.3. The predicted octanol–water partition coefficient (Wildman–Crippen LogP) is 1.34. The molecule has 0 bridgehead atoms. The van der Waals surface area contributed by atoms with Gasteiger partial charge in [0.2, 0.25) is 0 Å².